The van der Waals surface area contributed by atoms with Gasteiger partial charge in [-0.05, 0) is 0 Å². The Morgan fingerprint density at radius 1 is 1.71 bits per heavy atom. The fourth-order valence-corrected chi connectivity index (χ4v) is 2.03. The van der Waals surface area contributed by atoms with Crippen LogP contribution in [0.1, 0.15) is 12.7 Å². The molecule has 2 heterocycles. The van der Waals surface area contributed by atoms with Crippen LogP contribution in [0.15, 0.2) is 11.3 Å². The Balaban J connectivity index is 1.86. The molecule has 76 valence electrons. The quantitative estimate of drug-likeness (QED) is 0.769. The highest BCUT2D eigenvalue weighted by atomic mass is 32.2. The molecule has 5 nitrogen and oxygen atoms in total. The van der Waals surface area contributed by atoms with Crippen LogP contribution in [-0.2, 0) is 13.6 Å². The van der Waals surface area contributed by atoms with Crippen molar-refractivity contribution in [2.24, 2.45) is 12.0 Å². The normalized spacial score (nSPS) is 21.0. The number of nitrogens with one attached hydrogen (secondary N) is 1. The van der Waals surface area contributed by atoms with E-state index in [9.17, 15) is 0 Å². The van der Waals surface area contributed by atoms with Gasteiger partial charge in [0, 0.05) is 12.3 Å². The number of rotatable bonds is 2. The van der Waals surface area contributed by atoms with E-state index < -0.39 is 0 Å². The minimum Gasteiger partial charge on any atom is -0.358 e. The first-order chi connectivity index (χ1) is 6.75. The summed E-state index contributed by atoms with van der Waals surface area (Å²) in [5.74, 6) is 0.924. The fraction of sp³-hybridized carbons (Fsp3) is 0.625. The highest BCUT2D eigenvalue weighted by molar-refractivity contribution is 8.14. The number of hydrogen-bond donors (Lipinski definition) is 1. The van der Waals surface area contributed by atoms with E-state index in [0.29, 0.717) is 11.8 Å². The van der Waals surface area contributed by atoms with Crippen LogP contribution in [0.2, 0.25) is 0 Å². The summed E-state index contributed by atoms with van der Waals surface area (Å²) in [5.41, 5.74) is 0. The standard InChI is InChI=1S/C8H13N5S/c1-6-3-9-8(14-6)10-4-7-12-11-5-13(7)2/h5-6H,3-4H2,1-2H3,(H,9,10). The maximum Gasteiger partial charge on any atom is 0.157 e. The van der Waals surface area contributed by atoms with E-state index in [-0.39, 0.29) is 0 Å². The van der Waals surface area contributed by atoms with Crippen molar-refractivity contribution in [3.63, 3.8) is 0 Å². The zero-order chi connectivity index (χ0) is 9.97. The third-order valence-electron chi connectivity index (χ3n) is 2.01. The molecule has 14 heavy (non-hydrogen) atoms. The van der Waals surface area contributed by atoms with E-state index in [1.807, 2.05) is 11.6 Å². The van der Waals surface area contributed by atoms with Crippen molar-refractivity contribution in [3.05, 3.63) is 12.2 Å². The Hall–Kier alpha value is -1.04. The summed E-state index contributed by atoms with van der Waals surface area (Å²) in [4.78, 5) is 4.36. The second-order valence-corrected chi connectivity index (χ2v) is 4.71. The highest BCUT2D eigenvalue weighted by Gasteiger charge is 2.14. The molecule has 0 amide bonds. The first kappa shape index (κ1) is 9.51. The highest BCUT2D eigenvalue weighted by Crippen LogP contribution is 2.18. The van der Waals surface area contributed by atoms with Crippen LogP contribution in [0.5, 0.6) is 0 Å². The van der Waals surface area contributed by atoms with Crippen molar-refractivity contribution in [1.82, 2.24) is 20.1 Å². The molecule has 0 aliphatic carbocycles. The van der Waals surface area contributed by atoms with Crippen LogP contribution in [0.25, 0.3) is 0 Å². The number of aliphatic imine (C=N–C) groups is 1. The van der Waals surface area contributed by atoms with Crippen LogP contribution in [0, 0.1) is 0 Å². The molecule has 1 atom stereocenters. The van der Waals surface area contributed by atoms with Crippen molar-refractivity contribution < 1.29 is 0 Å². The topological polar surface area (TPSA) is 55.1 Å². The molecule has 0 saturated carbocycles. The Kier molecular flexibility index (Phi) is 2.72. The number of aryl methyl sites for hydroxylation is 1. The Bertz CT molecular complexity index is 345. The largest absolute Gasteiger partial charge is 0.358 e. The number of amidine groups is 1. The summed E-state index contributed by atoms with van der Waals surface area (Å²) in [6.07, 6.45) is 1.70. The average molecular weight is 211 g/mol. The van der Waals surface area contributed by atoms with E-state index >= 15 is 0 Å². The monoisotopic (exact) mass is 211 g/mol. The Labute approximate surface area is 87.0 Å². The summed E-state index contributed by atoms with van der Waals surface area (Å²) in [5, 5.41) is 12.6. The van der Waals surface area contributed by atoms with Gasteiger partial charge in [-0.1, -0.05) is 18.7 Å². The van der Waals surface area contributed by atoms with Crippen molar-refractivity contribution >= 4 is 16.9 Å². The van der Waals surface area contributed by atoms with Crippen molar-refractivity contribution in [3.8, 4) is 0 Å². The summed E-state index contributed by atoms with van der Waals surface area (Å²) < 4.78 is 1.90. The molecule has 1 aliphatic heterocycles. The molecule has 1 aromatic heterocycles. The van der Waals surface area contributed by atoms with Gasteiger partial charge >= 0.3 is 0 Å². The lowest BCUT2D eigenvalue weighted by Crippen LogP contribution is -2.20. The predicted octanol–water partition coefficient (Wildman–Crippen LogP) is 0.396. The van der Waals surface area contributed by atoms with Gasteiger partial charge in [0.2, 0.25) is 0 Å². The summed E-state index contributed by atoms with van der Waals surface area (Å²) in [6.45, 7) is 3.77. The second kappa shape index (κ2) is 4.00. The zero-order valence-electron chi connectivity index (χ0n) is 8.27. The molecule has 0 spiro atoms. The molecule has 0 bridgehead atoms. The number of nitrogens with zero attached hydrogens (tertiary/aromatic N) is 4. The van der Waals surface area contributed by atoms with Crippen molar-refractivity contribution in [2.45, 2.75) is 18.7 Å². The molecule has 0 aromatic carbocycles. The average Bonchev–Trinajstić information content (AvgIpc) is 2.72. The summed E-state index contributed by atoms with van der Waals surface area (Å²) >= 11 is 1.77. The molecule has 2 rings (SSSR count). The molecule has 1 unspecified atom stereocenters. The Morgan fingerprint density at radius 3 is 3.14 bits per heavy atom. The zero-order valence-corrected chi connectivity index (χ0v) is 9.08. The lowest BCUT2D eigenvalue weighted by molar-refractivity contribution is 0.752. The van der Waals surface area contributed by atoms with Crippen LogP contribution >= 0.6 is 11.8 Å². The molecule has 0 radical (unpaired) electrons. The smallest absolute Gasteiger partial charge is 0.157 e. The number of aromatic nitrogens is 3. The maximum absolute atomic E-state index is 4.36. The minimum absolute atomic E-state index is 0.594. The van der Waals surface area contributed by atoms with Gasteiger partial charge in [0.25, 0.3) is 0 Å². The third kappa shape index (κ3) is 2.06. The molecule has 1 N–H and O–H groups in total. The third-order valence-corrected chi connectivity index (χ3v) is 3.06. The number of hydrogen-bond acceptors (Lipinski definition) is 5. The number of thioether (sulfide) groups is 1. The second-order valence-electron chi connectivity index (χ2n) is 3.29. The first-order valence-corrected chi connectivity index (χ1v) is 5.41. The summed E-state index contributed by atoms with van der Waals surface area (Å²) in [7, 11) is 1.93. The molecule has 6 heteroatoms. The van der Waals surface area contributed by atoms with E-state index in [1.165, 1.54) is 0 Å². The van der Waals surface area contributed by atoms with Gasteiger partial charge < -0.3 is 9.88 Å². The van der Waals surface area contributed by atoms with E-state index in [0.717, 1.165) is 17.5 Å². The molecular weight excluding hydrogens is 198 g/mol. The van der Waals surface area contributed by atoms with Gasteiger partial charge in [0.15, 0.2) is 11.0 Å². The van der Waals surface area contributed by atoms with Gasteiger partial charge in [-0.15, -0.1) is 10.2 Å². The predicted molar refractivity (Wildman–Crippen MR) is 57.2 cm³/mol. The first-order valence-electron chi connectivity index (χ1n) is 4.53. The minimum atomic E-state index is 0.594. The van der Waals surface area contributed by atoms with Crippen molar-refractivity contribution in [2.75, 3.05) is 6.54 Å². The molecule has 0 saturated heterocycles. The van der Waals surface area contributed by atoms with Crippen LogP contribution < -0.4 is 5.32 Å². The maximum atomic E-state index is 4.36. The van der Waals surface area contributed by atoms with Gasteiger partial charge in [0.1, 0.15) is 6.33 Å². The Morgan fingerprint density at radius 2 is 2.57 bits per heavy atom. The van der Waals surface area contributed by atoms with E-state index in [4.69, 9.17) is 0 Å². The van der Waals surface area contributed by atoms with Crippen LogP contribution in [0.3, 0.4) is 0 Å². The molecule has 0 fully saturated rings. The summed E-state index contributed by atoms with van der Waals surface area (Å²) in [6, 6.07) is 0. The van der Waals surface area contributed by atoms with Gasteiger partial charge in [-0.25, -0.2) is 0 Å². The lowest BCUT2D eigenvalue weighted by Gasteiger charge is -2.04. The van der Waals surface area contributed by atoms with Crippen molar-refractivity contribution in [1.29, 1.82) is 0 Å². The van der Waals surface area contributed by atoms with Crippen LogP contribution in [0.4, 0.5) is 0 Å². The lowest BCUT2D eigenvalue weighted by atomic mass is 10.5. The molecule has 1 aromatic rings. The van der Waals surface area contributed by atoms with Gasteiger partial charge in [0.05, 0.1) is 13.1 Å². The SMILES string of the molecule is CC1CN=C(NCc2nncn2C)S1. The van der Waals surface area contributed by atoms with E-state index in [1.54, 1.807) is 18.1 Å². The van der Waals surface area contributed by atoms with Gasteiger partial charge in [-0.3, -0.25) is 4.99 Å². The van der Waals surface area contributed by atoms with Crippen LogP contribution in [-0.4, -0.2) is 31.7 Å². The van der Waals surface area contributed by atoms with Gasteiger partial charge in [-0.2, -0.15) is 0 Å². The molecular formula is C8H13N5S. The fourth-order valence-electron chi connectivity index (χ4n) is 1.20. The van der Waals surface area contributed by atoms with E-state index in [2.05, 4.69) is 27.4 Å². The molecule has 1 aliphatic rings.